The average Bonchev–Trinajstić information content (AvgIpc) is 3.40. The number of para-hydroxylation sites is 1. The van der Waals surface area contributed by atoms with Crippen molar-refractivity contribution in [1.82, 2.24) is 15.3 Å². The molecule has 0 radical (unpaired) electrons. The topological polar surface area (TPSA) is 76.1 Å². The van der Waals surface area contributed by atoms with E-state index in [0.717, 1.165) is 30.6 Å². The molecule has 1 heterocycles. The van der Waals surface area contributed by atoms with Gasteiger partial charge in [0, 0.05) is 12.6 Å². The van der Waals surface area contributed by atoms with Crippen molar-refractivity contribution < 1.29 is 9.53 Å². The minimum Gasteiger partial charge on any atom is -0.496 e. The van der Waals surface area contributed by atoms with Crippen LogP contribution < -0.4 is 15.4 Å². The van der Waals surface area contributed by atoms with Gasteiger partial charge in [-0.05, 0) is 30.9 Å². The number of carbonyl (C=O) groups excluding carboxylic acids is 1. The second-order valence-corrected chi connectivity index (χ2v) is 5.52. The lowest BCUT2D eigenvalue weighted by Gasteiger charge is -2.09. The molecule has 2 aromatic rings. The molecule has 23 heavy (non-hydrogen) atoms. The molecule has 0 atom stereocenters. The molecule has 1 amide bonds. The number of nitrogens with one attached hydrogen (secondary N) is 2. The van der Waals surface area contributed by atoms with E-state index < -0.39 is 0 Å². The molecule has 3 rings (SSSR count). The molecule has 1 aromatic heterocycles. The van der Waals surface area contributed by atoms with Crippen LogP contribution in [0.15, 0.2) is 36.7 Å². The van der Waals surface area contributed by atoms with Gasteiger partial charge in [0.05, 0.1) is 19.5 Å². The molecule has 1 saturated carbocycles. The number of ether oxygens (including phenoxy) is 1. The summed E-state index contributed by atoms with van der Waals surface area (Å²) < 4.78 is 5.33. The standard InChI is InChI=1S/C17H20N4O2/c1-23-15-5-3-2-4-12(15)8-9-18-16-11-19-14(10-20-16)17(22)21-13-6-7-13/h2-5,10-11,13H,6-9H2,1H3,(H,18,20)(H,21,22). The fourth-order valence-corrected chi connectivity index (χ4v) is 2.26. The van der Waals surface area contributed by atoms with Crippen molar-refractivity contribution in [3.63, 3.8) is 0 Å². The maximum Gasteiger partial charge on any atom is 0.271 e. The molecule has 6 heteroatoms. The van der Waals surface area contributed by atoms with Crippen LogP contribution in [-0.2, 0) is 6.42 Å². The Balaban J connectivity index is 1.51. The van der Waals surface area contributed by atoms with Crippen LogP contribution in [0.2, 0.25) is 0 Å². The lowest BCUT2D eigenvalue weighted by Crippen LogP contribution is -2.26. The van der Waals surface area contributed by atoms with Gasteiger partial charge in [0.15, 0.2) is 0 Å². The number of rotatable bonds is 7. The third-order valence-electron chi connectivity index (χ3n) is 3.69. The van der Waals surface area contributed by atoms with E-state index in [2.05, 4.69) is 20.6 Å². The van der Waals surface area contributed by atoms with Gasteiger partial charge in [-0.1, -0.05) is 18.2 Å². The lowest BCUT2D eigenvalue weighted by atomic mass is 10.1. The van der Waals surface area contributed by atoms with Crippen molar-refractivity contribution in [1.29, 1.82) is 0 Å². The smallest absolute Gasteiger partial charge is 0.271 e. The molecule has 1 aromatic carbocycles. The SMILES string of the molecule is COc1ccccc1CCNc1cnc(C(=O)NC2CC2)cn1. The van der Waals surface area contributed by atoms with Gasteiger partial charge in [-0.15, -0.1) is 0 Å². The molecule has 2 N–H and O–H groups in total. The summed E-state index contributed by atoms with van der Waals surface area (Å²) in [7, 11) is 1.67. The van der Waals surface area contributed by atoms with Crippen molar-refractivity contribution in [3.05, 3.63) is 47.9 Å². The zero-order valence-corrected chi connectivity index (χ0v) is 13.1. The third kappa shape index (κ3) is 4.18. The number of nitrogens with zero attached hydrogens (tertiary/aromatic N) is 2. The van der Waals surface area contributed by atoms with Crippen LogP contribution in [0.4, 0.5) is 5.82 Å². The monoisotopic (exact) mass is 312 g/mol. The van der Waals surface area contributed by atoms with Gasteiger partial charge in [0.2, 0.25) is 0 Å². The molecule has 0 aliphatic heterocycles. The van der Waals surface area contributed by atoms with Crippen LogP contribution in [0.5, 0.6) is 5.75 Å². The first kappa shape index (κ1) is 15.3. The van der Waals surface area contributed by atoms with E-state index in [1.54, 1.807) is 13.3 Å². The number of carbonyl (C=O) groups is 1. The molecule has 0 unspecified atom stereocenters. The van der Waals surface area contributed by atoms with Crippen LogP contribution >= 0.6 is 0 Å². The summed E-state index contributed by atoms with van der Waals surface area (Å²) in [5.74, 6) is 1.39. The van der Waals surface area contributed by atoms with Crippen molar-refractivity contribution in [2.45, 2.75) is 25.3 Å². The summed E-state index contributed by atoms with van der Waals surface area (Å²) in [5.41, 5.74) is 1.49. The number of methoxy groups -OCH3 is 1. The second kappa shape index (κ2) is 7.09. The molecule has 6 nitrogen and oxygen atoms in total. The number of hydrogen-bond donors (Lipinski definition) is 2. The molecular weight excluding hydrogens is 292 g/mol. The van der Waals surface area contributed by atoms with Gasteiger partial charge in [-0.2, -0.15) is 0 Å². The van der Waals surface area contributed by atoms with E-state index in [0.29, 0.717) is 24.1 Å². The summed E-state index contributed by atoms with van der Waals surface area (Å²) >= 11 is 0. The zero-order valence-electron chi connectivity index (χ0n) is 13.1. The van der Waals surface area contributed by atoms with Crippen LogP contribution in [0, 0.1) is 0 Å². The van der Waals surface area contributed by atoms with Gasteiger partial charge in [-0.25, -0.2) is 9.97 Å². The first-order valence-electron chi connectivity index (χ1n) is 7.75. The first-order chi connectivity index (χ1) is 11.3. The summed E-state index contributed by atoms with van der Waals surface area (Å²) in [4.78, 5) is 20.2. The summed E-state index contributed by atoms with van der Waals surface area (Å²) in [6.45, 7) is 0.711. The average molecular weight is 312 g/mol. The lowest BCUT2D eigenvalue weighted by molar-refractivity contribution is 0.0945. The highest BCUT2D eigenvalue weighted by Gasteiger charge is 2.24. The van der Waals surface area contributed by atoms with Crippen LogP contribution in [0.25, 0.3) is 0 Å². The number of aromatic nitrogens is 2. The largest absolute Gasteiger partial charge is 0.496 e. The van der Waals surface area contributed by atoms with Gasteiger partial charge in [0.25, 0.3) is 5.91 Å². The molecule has 1 fully saturated rings. The Bertz CT molecular complexity index is 669. The van der Waals surface area contributed by atoms with Crippen LogP contribution in [0.1, 0.15) is 28.9 Å². The number of hydrogen-bond acceptors (Lipinski definition) is 5. The van der Waals surface area contributed by atoms with Crippen molar-refractivity contribution in [3.8, 4) is 5.75 Å². The molecule has 1 aliphatic carbocycles. The molecule has 0 bridgehead atoms. The molecule has 120 valence electrons. The fraction of sp³-hybridized carbons (Fsp3) is 0.353. The minimum absolute atomic E-state index is 0.152. The highest BCUT2D eigenvalue weighted by atomic mass is 16.5. The number of anilines is 1. The highest BCUT2D eigenvalue weighted by molar-refractivity contribution is 5.92. The van der Waals surface area contributed by atoms with Gasteiger partial charge < -0.3 is 15.4 Å². The molecule has 0 spiro atoms. The first-order valence-corrected chi connectivity index (χ1v) is 7.75. The summed E-state index contributed by atoms with van der Waals surface area (Å²) in [5, 5.41) is 6.09. The van der Waals surface area contributed by atoms with E-state index >= 15 is 0 Å². The van der Waals surface area contributed by atoms with E-state index in [1.807, 2.05) is 24.3 Å². The number of amides is 1. The Morgan fingerprint density at radius 2 is 2.09 bits per heavy atom. The van der Waals surface area contributed by atoms with E-state index in [1.165, 1.54) is 6.20 Å². The maximum absolute atomic E-state index is 11.8. The van der Waals surface area contributed by atoms with Crippen LogP contribution in [0.3, 0.4) is 0 Å². The zero-order chi connectivity index (χ0) is 16.1. The Labute approximate surface area is 135 Å². The Morgan fingerprint density at radius 1 is 1.26 bits per heavy atom. The van der Waals surface area contributed by atoms with Crippen molar-refractivity contribution >= 4 is 11.7 Å². The third-order valence-corrected chi connectivity index (χ3v) is 3.69. The Morgan fingerprint density at radius 3 is 2.78 bits per heavy atom. The van der Waals surface area contributed by atoms with E-state index in [9.17, 15) is 4.79 Å². The number of benzene rings is 1. The molecule has 0 saturated heterocycles. The van der Waals surface area contributed by atoms with Gasteiger partial charge in [-0.3, -0.25) is 4.79 Å². The van der Waals surface area contributed by atoms with Gasteiger partial charge in [0.1, 0.15) is 17.3 Å². The maximum atomic E-state index is 11.8. The highest BCUT2D eigenvalue weighted by Crippen LogP contribution is 2.19. The fourth-order valence-electron chi connectivity index (χ4n) is 2.26. The predicted molar refractivity (Wildman–Crippen MR) is 87.7 cm³/mol. The van der Waals surface area contributed by atoms with Gasteiger partial charge >= 0.3 is 0 Å². The normalized spacial score (nSPS) is 13.4. The predicted octanol–water partition coefficient (Wildman–Crippen LogP) is 2.03. The van der Waals surface area contributed by atoms with E-state index in [-0.39, 0.29) is 5.91 Å². The van der Waals surface area contributed by atoms with Crippen molar-refractivity contribution in [2.24, 2.45) is 0 Å². The van der Waals surface area contributed by atoms with Crippen LogP contribution in [-0.4, -0.2) is 35.6 Å². The quantitative estimate of drug-likeness (QED) is 0.818. The summed E-state index contributed by atoms with van der Waals surface area (Å²) in [6, 6.07) is 8.25. The second-order valence-electron chi connectivity index (χ2n) is 5.52. The minimum atomic E-state index is -0.152. The van der Waals surface area contributed by atoms with Crippen molar-refractivity contribution in [2.75, 3.05) is 19.0 Å². The molecule has 1 aliphatic rings. The Kier molecular flexibility index (Phi) is 4.71. The summed E-state index contributed by atoms with van der Waals surface area (Å²) in [6.07, 6.45) is 6.02. The Hall–Kier alpha value is -2.63. The van der Waals surface area contributed by atoms with E-state index in [4.69, 9.17) is 4.74 Å². The molecular formula is C17H20N4O2.